The zero-order valence-electron chi connectivity index (χ0n) is 42.6. The van der Waals surface area contributed by atoms with Gasteiger partial charge in [-0.25, -0.2) is 0 Å². The monoisotopic (exact) mass is 1080 g/mol. The molecular weight excluding hydrogens is 1020 g/mol. The number of carbonyl (C=O) groups excluding carboxylic acids is 12. The van der Waals surface area contributed by atoms with Gasteiger partial charge >= 0.3 is 53.7 Å². The highest BCUT2D eigenvalue weighted by atomic mass is 16.7. The summed E-state index contributed by atoms with van der Waals surface area (Å²) in [6.45, 7) is 12.2. The van der Waals surface area contributed by atoms with Gasteiger partial charge in [0, 0.05) is 83.1 Å². The molecule has 75 heavy (non-hydrogen) atoms. The van der Waals surface area contributed by atoms with E-state index in [1.54, 1.807) is 0 Å². The average molecular weight is 1080 g/mol. The molecule has 33 heteroatoms. The number of hydrogen-bond acceptors (Lipinski definition) is 30. The molecule has 7 N–H and O–H groups in total. The van der Waals surface area contributed by atoms with E-state index in [0.29, 0.717) is 0 Å². The number of aliphatic hydroxyl groups is 1. The van der Waals surface area contributed by atoms with Gasteiger partial charge in [0.2, 0.25) is 17.7 Å². The van der Waals surface area contributed by atoms with Crippen molar-refractivity contribution < 1.29 is 130 Å². The van der Waals surface area contributed by atoms with E-state index in [1.165, 1.54) is 13.8 Å². The number of oxime groups is 3. The van der Waals surface area contributed by atoms with Crippen LogP contribution in [0.4, 0.5) is 0 Å². The second-order valence-corrected chi connectivity index (χ2v) is 15.5. The van der Waals surface area contributed by atoms with Crippen molar-refractivity contribution >= 4 is 89.5 Å². The van der Waals surface area contributed by atoms with Crippen LogP contribution in [0.2, 0.25) is 0 Å². The Bertz CT molecular complexity index is 2100. The van der Waals surface area contributed by atoms with Gasteiger partial charge in [0.15, 0.2) is 48.8 Å². The van der Waals surface area contributed by atoms with E-state index < -0.39 is 151 Å². The SMILES string of the molecule is CC(=O)NC(/C=N/O)[C@@H](OC(C)=O)[C@H](OC(C)=O)C(O)COC(C)=O.CC(=O)NC1/C(=N/O)OC(COC(C)=O)[C@@H](OC(C)=O)[C@@H]1OC(C)=O.CC(=O)NC1/C(=N/O)O[C@H](C(COC(C)=O)OC(C)=O)[C@@H]1OC(C)=O. The first-order chi connectivity index (χ1) is 34.9. The fourth-order valence-electron chi connectivity index (χ4n) is 6.46. The number of rotatable bonds is 20. The minimum atomic E-state index is -1.58. The zero-order valence-corrected chi connectivity index (χ0v) is 42.6. The Hall–Kier alpha value is -8.39. The number of aliphatic hydroxyl groups excluding tert-OH is 1. The van der Waals surface area contributed by atoms with Crippen LogP contribution in [0.3, 0.4) is 0 Å². The van der Waals surface area contributed by atoms with E-state index in [0.717, 1.165) is 75.5 Å². The number of amides is 3. The van der Waals surface area contributed by atoms with Crippen molar-refractivity contribution in [3.8, 4) is 0 Å². The minimum Gasteiger partial charge on any atom is -0.466 e. The van der Waals surface area contributed by atoms with Crippen LogP contribution < -0.4 is 16.0 Å². The largest absolute Gasteiger partial charge is 0.466 e. The second-order valence-electron chi connectivity index (χ2n) is 15.5. The zero-order chi connectivity index (χ0) is 57.9. The summed E-state index contributed by atoms with van der Waals surface area (Å²) in [5, 5.41) is 52.9. The average Bonchev–Trinajstić information content (AvgIpc) is 3.60. The molecule has 0 spiro atoms. The number of esters is 9. The molecular formula is C42H62N6O27. The molecule has 6 unspecified atom stereocenters. The Balaban J connectivity index is 0.00000110. The Kier molecular flexibility index (Phi) is 29.6. The molecule has 2 heterocycles. The minimum absolute atomic E-state index is 0.341. The summed E-state index contributed by atoms with van der Waals surface area (Å²) >= 11 is 0. The highest BCUT2D eigenvalue weighted by Crippen LogP contribution is 2.27. The highest BCUT2D eigenvalue weighted by Gasteiger charge is 2.52. The van der Waals surface area contributed by atoms with Gasteiger partial charge < -0.3 is 88.8 Å². The molecule has 422 valence electrons. The molecule has 2 saturated heterocycles. The molecule has 0 saturated carbocycles. The van der Waals surface area contributed by atoms with E-state index >= 15 is 0 Å². The highest BCUT2D eigenvalue weighted by molar-refractivity contribution is 5.90. The first-order valence-electron chi connectivity index (χ1n) is 21.8. The lowest BCUT2D eigenvalue weighted by molar-refractivity contribution is -0.186. The van der Waals surface area contributed by atoms with E-state index in [-0.39, 0.29) is 25.0 Å². The summed E-state index contributed by atoms with van der Waals surface area (Å²) in [6, 6.07) is -3.54. The van der Waals surface area contributed by atoms with Gasteiger partial charge in [-0.2, -0.15) is 0 Å². The first-order valence-corrected chi connectivity index (χ1v) is 21.8. The van der Waals surface area contributed by atoms with Gasteiger partial charge in [-0.3, -0.25) is 57.5 Å². The smallest absolute Gasteiger partial charge is 0.303 e. The molecule has 33 nitrogen and oxygen atoms in total. The van der Waals surface area contributed by atoms with Crippen molar-refractivity contribution in [3.05, 3.63) is 0 Å². The number of nitrogens with one attached hydrogen (secondary N) is 3. The summed E-state index contributed by atoms with van der Waals surface area (Å²) < 4.78 is 55.5. The third-order valence-corrected chi connectivity index (χ3v) is 8.85. The van der Waals surface area contributed by atoms with Gasteiger partial charge in [0.05, 0.1) is 6.21 Å². The van der Waals surface area contributed by atoms with Crippen molar-refractivity contribution in [2.75, 3.05) is 19.8 Å². The molecule has 12 atom stereocenters. The van der Waals surface area contributed by atoms with Gasteiger partial charge in [-0.15, -0.1) is 0 Å². The first kappa shape index (κ1) is 66.6. The Morgan fingerprint density at radius 2 is 0.947 bits per heavy atom. The van der Waals surface area contributed by atoms with Gasteiger partial charge in [0.25, 0.3) is 11.8 Å². The summed E-state index contributed by atoms with van der Waals surface area (Å²) in [5.74, 6) is -8.79. The van der Waals surface area contributed by atoms with Crippen LogP contribution in [0.5, 0.6) is 0 Å². The van der Waals surface area contributed by atoms with Crippen LogP contribution in [0, 0.1) is 0 Å². The van der Waals surface area contributed by atoms with E-state index in [1.807, 2.05) is 0 Å². The molecule has 0 radical (unpaired) electrons. The lowest BCUT2D eigenvalue weighted by atomic mass is 9.96. The molecule has 3 amide bonds. The van der Waals surface area contributed by atoms with Crippen molar-refractivity contribution in [2.24, 2.45) is 15.5 Å². The maximum absolute atomic E-state index is 11.4. The number of nitrogens with zero attached hydrogens (tertiary/aromatic N) is 3. The van der Waals surface area contributed by atoms with E-state index in [4.69, 9.17) is 63.0 Å². The number of carbonyl (C=O) groups is 12. The van der Waals surface area contributed by atoms with Gasteiger partial charge in [0.1, 0.15) is 44.1 Å². The van der Waals surface area contributed by atoms with Crippen LogP contribution in [0.15, 0.2) is 15.5 Å². The molecule has 0 aromatic heterocycles. The quantitative estimate of drug-likeness (QED) is 0.0209. The standard InChI is InChI=1S/2C14H20N2O9.C14H22N2O9/c1-6(17)15-11-13(24-9(4)20)12(23-8(3)19)10(5-22-7(2)18)25-14(11)16-21;1-6(17)15-11-13(24-9(4)20)12(25-14(11)16-21)10(23-8(3)19)5-22-7(2)18;1-7(17)16-11(5-15-22)13(24-9(3)19)14(25-10(4)20)12(21)6-23-8(2)18/h2*10-13,21H,5H2,1-4H3,(H,15,17);5,11-14,21-22H,6H2,1-4H3,(H,16,17)/b2*16-14-;15-5+/t2*10?,11?,12-,13-;11?,12?,13-,14-/m111/s1. The molecule has 0 aromatic carbocycles. The maximum atomic E-state index is 11.4. The molecule has 2 aliphatic rings. The van der Waals surface area contributed by atoms with Crippen LogP contribution >= 0.6 is 0 Å². The van der Waals surface area contributed by atoms with Crippen LogP contribution in [0.25, 0.3) is 0 Å². The summed E-state index contributed by atoms with van der Waals surface area (Å²) in [4.78, 5) is 135. The van der Waals surface area contributed by atoms with E-state index in [2.05, 4.69) is 36.2 Å². The number of ether oxygens (including phenoxy) is 11. The van der Waals surface area contributed by atoms with Crippen LogP contribution in [0.1, 0.15) is 83.1 Å². The predicted molar refractivity (Wildman–Crippen MR) is 241 cm³/mol. The fraction of sp³-hybridized carbons (Fsp3) is 0.643. The van der Waals surface area contributed by atoms with Crippen molar-refractivity contribution in [1.82, 2.24) is 16.0 Å². The summed E-state index contributed by atoms with van der Waals surface area (Å²) in [5.41, 5.74) is 0. The molecule has 0 aromatic rings. The molecule has 2 fully saturated rings. The third kappa shape index (κ3) is 25.7. The normalized spacial score (nSPS) is 22.4. The Morgan fingerprint density at radius 3 is 1.36 bits per heavy atom. The van der Waals surface area contributed by atoms with Crippen LogP contribution in [-0.2, 0) is 110 Å². The van der Waals surface area contributed by atoms with Crippen molar-refractivity contribution in [2.45, 2.75) is 156 Å². The second kappa shape index (κ2) is 33.4. The number of hydrogen-bond donors (Lipinski definition) is 7. The topological polar surface area (TPSA) is 460 Å². The predicted octanol–water partition coefficient (Wildman–Crippen LogP) is -3.05. The fourth-order valence-corrected chi connectivity index (χ4v) is 6.46. The molecule has 0 aliphatic carbocycles. The lowest BCUT2D eigenvalue weighted by Crippen LogP contribution is -2.64. The molecule has 0 bridgehead atoms. The molecule has 2 aliphatic heterocycles. The molecule has 2 rings (SSSR count). The maximum Gasteiger partial charge on any atom is 0.303 e. The Labute approximate surface area is 426 Å². The van der Waals surface area contributed by atoms with E-state index in [9.17, 15) is 62.6 Å². The van der Waals surface area contributed by atoms with Gasteiger partial charge in [-0.1, -0.05) is 15.5 Å². The third-order valence-electron chi connectivity index (χ3n) is 8.85. The van der Waals surface area contributed by atoms with Crippen molar-refractivity contribution in [1.29, 1.82) is 0 Å². The summed E-state index contributed by atoms with van der Waals surface area (Å²) in [7, 11) is 0. The lowest BCUT2D eigenvalue weighted by Gasteiger charge is -2.41. The van der Waals surface area contributed by atoms with Crippen molar-refractivity contribution in [3.63, 3.8) is 0 Å². The summed E-state index contributed by atoms with van der Waals surface area (Å²) in [6.07, 6.45) is -10.8. The van der Waals surface area contributed by atoms with Gasteiger partial charge in [-0.05, 0) is 0 Å². The van der Waals surface area contributed by atoms with Crippen LogP contribution in [-0.4, -0.2) is 203 Å². The Morgan fingerprint density at radius 1 is 0.520 bits per heavy atom.